The van der Waals surface area contributed by atoms with Gasteiger partial charge in [-0.3, -0.25) is 4.79 Å². The van der Waals surface area contributed by atoms with Crippen molar-refractivity contribution < 1.29 is 31.5 Å². The highest BCUT2D eigenvalue weighted by Gasteiger charge is 2.21. The number of nitrogens with one attached hydrogen (secondary N) is 1. The summed E-state index contributed by atoms with van der Waals surface area (Å²) in [6, 6.07) is 8.01. The van der Waals surface area contributed by atoms with Gasteiger partial charge in [-0.15, -0.1) is 0 Å². The van der Waals surface area contributed by atoms with Gasteiger partial charge in [0.25, 0.3) is 5.91 Å². The van der Waals surface area contributed by atoms with Gasteiger partial charge in [0.2, 0.25) is 0 Å². The van der Waals surface area contributed by atoms with Gasteiger partial charge in [0.05, 0.1) is 10.5 Å². The van der Waals surface area contributed by atoms with E-state index in [1.54, 1.807) is 0 Å². The molecule has 9 heteroatoms. The van der Waals surface area contributed by atoms with Crippen molar-refractivity contribution in [3.63, 3.8) is 0 Å². The third-order valence-corrected chi connectivity index (χ3v) is 4.51. The molecule has 6 nitrogen and oxygen atoms in total. The molecule has 2 aromatic carbocycles. The average molecular weight is 383 g/mol. The van der Waals surface area contributed by atoms with Gasteiger partial charge in [-0.1, -0.05) is 6.07 Å². The van der Waals surface area contributed by atoms with Gasteiger partial charge in [-0.25, -0.2) is 22.0 Å². The molecule has 0 bridgehead atoms. The summed E-state index contributed by atoms with van der Waals surface area (Å²) >= 11 is 0. The van der Waals surface area contributed by atoms with Gasteiger partial charge in [0.1, 0.15) is 17.3 Å². The molecule has 0 aliphatic carbocycles. The van der Waals surface area contributed by atoms with Crippen LogP contribution in [0.2, 0.25) is 0 Å². The van der Waals surface area contributed by atoms with Crippen molar-refractivity contribution >= 4 is 27.4 Å². The topological polar surface area (TPSA) is 89.5 Å². The maximum absolute atomic E-state index is 13.5. The molecule has 2 rings (SSSR count). The molecule has 0 unspecified atom stereocenters. The van der Waals surface area contributed by atoms with E-state index in [2.05, 4.69) is 0 Å². The van der Waals surface area contributed by atoms with Crippen LogP contribution >= 0.6 is 0 Å². The summed E-state index contributed by atoms with van der Waals surface area (Å²) in [5.41, 5.74) is -0.618. The van der Waals surface area contributed by atoms with Gasteiger partial charge in [-0.2, -0.15) is 0 Å². The van der Waals surface area contributed by atoms with Crippen molar-refractivity contribution in [2.24, 2.45) is 0 Å². The predicted octanol–water partition coefficient (Wildman–Crippen LogP) is 2.55. The first kappa shape index (κ1) is 19.5. The molecule has 138 valence electrons. The number of carbonyl (C=O) groups is 2. The second-order valence-electron chi connectivity index (χ2n) is 5.43. The van der Waals surface area contributed by atoms with Crippen molar-refractivity contribution in [3.8, 4) is 0 Å². The molecule has 1 atom stereocenters. The fourth-order valence-corrected chi connectivity index (χ4v) is 2.59. The van der Waals surface area contributed by atoms with E-state index in [0.717, 1.165) is 24.5 Å². The molecular weight excluding hydrogens is 368 g/mol. The van der Waals surface area contributed by atoms with E-state index in [1.807, 2.05) is 5.32 Å². The Balaban J connectivity index is 2.05. The summed E-state index contributed by atoms with van der Waals surface area (Å²) in [4.78, 5) is 24.0. The van der Waals surface area contributed by atoms with Gasteiger partial charge in [-0.05, 0) is 43.3 Å². The fourth-order valence-electron chi connectivity index (χ4n) is 1.96. The molecule has 0 heterocycles. The Morgan fingerprint density at radius 1 is 1.04 bits per heavy atom. The first-order valence-electron chi connectivity index (χ1n) is 7.35. The zero-order valence-corrected chi connectivity index (χ0v) is 14.6. The molecule has 0 spiro atoms. The van der Waals surface area contributed by atoms with Gasteiger partial charge in [0.15, 0.2) is 15.9 Å². The van der Waals surface area contributed by atoms with Gasteiger partial charge in [0, 0.05) is 6.26 Å². The van der Waals surface area contributed by atoms with Crippen LogP contribution in [-0.4, -0.2) is 32.7 Å². The van der Waals surface area contributed by atoms with Crippen molar-refractivity contribution in [2.45, 2.75) is 17.9 Å². The maximum atomic E-state index is 13.5. The number of hydrogen-bond donors (Lipinski definition) is 1. The second kappa shape index (κ2) is 7.61. The highest BCUT2D eigenvalue weighted by Crippen LogP contribution is 2.19. The Labute approximate surface area is 148 Å². The lowest BCUT2D eigenvalue weighted by Crippen LogP contribution is -2.30. The largest absolute Gasteiger partial charge is 0.449 e. The summed E-state index contributed by atoms with van der Waals surface area (Å²) in [6.07, 6.45) is -0.315. The first-order chi connectivity index (χ1) is 12.1. The van der Waals surface area contributed by atoms with E-state index in [-0.39, 0.29) is 10.5 Å². The highest BCUT2D eigenvalue weighted by atomic mass is 32.2. The quantitative estimate of drug-likeness (QED) is 0.802. The Kier molecular flexibility index (Phi) is 5.71. The standard InChI is InChI=1S/C17H15F2NO5S/c1-10(16(21)20-15-13(18)4-3-5-14(15)19)25-17(22)11-6-8-12(9-7-11)26(2,23)24/h3-10H,1-2H3,(H,20,21)/t10-/m0/s1. The van der Waals surface area contributed by atoms with E-state index in [9.17, 15) is 26.8 Å². The molecule has 0 saturated heterocycles. The van der Waals surface area contributed by atoms with E-state index >= 15 is 0 Å². The van der Waals surface area contributed by atoms with Crippen LogP contribution in [0.5, 0.6) is 0 Å². The second-order valence-corrected chi connectivity index (χ2v) is 7.45. The van der Waals surface area contributed by atoms with Crippen molar-refractivity contribution in [2.75, 3.05) is 11.6 Å². The van der Waals surface area contributed by atoms with E-state index in [1.165, 1.54) is 31.2 Å². The van der Waals surface area contributed by atoms with Gasteiger partial charge >= 0.3 is 5.97 Å². The molecule has 0 saturated carbocycles. The Morgan fingerprint density at radius 3 is 2.08 bits per heavy atom. The Morgan fingerprint density at radius 2 is 1.58 bits per heavy atom. The number of benzene rings is 2. The molecule has 0 radical (unpaired) electrons. The highest BCUT2D eigenvalue weighted by molar-refractivity contribution is 7.90. The molecule has 0 aromatic heterocycles. The third-order valence-electron chi connectivity index (χ3n) is 3.38. The van der Waals surface area contributed by atoms with Crippen LogP contribution in [-0.2, 0) is 19.4 Å². The van der Waals surface area contributed by atoms with Crippen molar-refractivity contribution in [1.82, 2.24) is 0 Å². The molecule has 0 fully saturated rings. The molecule has 1 amide bonds. The van der Waals surface area contributed by atoms with Crippen LogP contribution in [0.3, 0.4) is 0 Å². The minimum absolute atomic E-state index is 0.0223. The molecule has 0 aliphatic rings. The van der Waals surface area contributed by atoms with Crippen LogP contribution in [0.25, 0.3) is 0 Å². The summed E-state index contributed by atoms with van der Waals surface area (Å²) in [7, 11) is -3.41. The monoisotopic (exact) mass is 383 g/mol. The number of carbonyl (C=O) groups excluding carboxylic acids is 2. The maximum Gasteiger partial charge on any atom is 0.338 e. The van der Waals surface area contributed by atoms with E-state index < -0.39 is 45.1 Å². The zero-order valence-electron chi connectivity index (χ0n) is 13.8. The smallest absolute Gasteiger partial charge is 0.338 e. The zero-order chi connectivity index (χ0) is 19.5. The van der Waals surface area contributed by atoms with Crippen LogP contribution in [0, 0.1) is 11.6 Å². The summed E-state index contributed by atoms with van der Waals surface area (Å²) in [5.74, 6) is -3.74. The van der Waals surface area contributed by atoms with Crippen LogP contribution in [0.4, 0.5) is 14.5 Å². The number of halogens is 2. The van der Waals surface area contributed by atoms with E-state index in [0.29, 0.717) is 0 Å². The third kappa shape index (κ3) is 4.63. The Bertz CT molecular complexity index is 922. The average Bonchev–Trinajstić information content (AvgIpc) is 2.57. The minimum atomic E-state index is -3.41. The number of ether oxygens (including phenoxy) is 1. The summed E-state index contributed by atoms with van der Waals surface area (Å²) in [5, 5.41) is 2.02. The number of para-hydroxylation sites is 1. The van der Waals surface area contributed by atoms with Crippen molar-refractivity contribution in [3.05, 3.63) is 59.7 Å². The van der Waals surface area contributed by atoms with Crippen LogP contribution < -0.4 is 5.32 Å². The molecule has 2 aromatic rings. The summed E-state index contributed by atoms with van der Waals surface area (Å²) in [6.45, 7) is 1.23. The Hall–Kier alpha value is -2.81. The predicted molar refractivity (Wildman–Crippen MR) is 89.4 cm³/mol. The fraction of sp³-hybridized carbons (Fsp3) is 0.176. The normalized spacial score (nSPS) is 12.3. The lowest BCUT2D eigenvalue weighted by molar-refractivity contribution is -0.123. The van der Waals surface area contributed by atoms with E-state index in [4.69, 9.17) is 4.74 Å². The first-order valence-corrected chi connectivity index (χ1v) is 9.24. The van der Waals surface area contributed by atoms with Crippen LogP contribution in [0.15, 0.2) is 47.4 Å². The summed E-state index contributed by atoms with van der Waals surface area (Å²) < 4.78 is 54.7. The van der Waals surface area contributed by atoms with Crippen LogP contribution in [0.1, 0.15) is 17.3 Å². The molecule has 0 aliphatic heterocycles. The lowest BCUT2D eigenvalue weighted by atomic mass is 10.2. The number of esters is 1. The van der Waals surface area contributed by atoms with Gasteiger partial charge < -0.3 is 10.1 Å². The van der Waals surface area contributed by atoms with Crippen molar-refractivity contribution in [1.29, 1.82) is 0 Å². The number of amides is 1. The lowest BCUT2D eigenvalue weighted by Gasteiger charge is -2.14. The number of hydrogen-bond acceptors (Lipinski definition) is 5. The number of anilines is 1. The molecule has 26 heavy (non-hydrogen) atoms. The number of sulfone groups is 1. The molecule has 1 N–H and O–H groups in total. The minimum Gasteiger partial charge on any atom is -0.449 e. The number of rotatable bonds is 5. The SMILES string of the molecule is C[C@H](OC(=O)c1ccc(S(C)(=O)=O)cc1)C(=O)Nc1c(F)cccc1F. The molecular formula is C17H15F2NO5S.